The summed E-state index contributed by atoms with van der Waals surface area (Å²) in [6.07, 6.45) is 0. The summed E-state index contributed by atoms with van der Waals surface area (Å²) in [6, 6.07) is 83.6. The average Bonchev–Trinajstić information content (AvgIpc) is 3.64. The second kappa shape index (κ2) is 14.1. The highest BCUT2D eigenvalue weighted by Gasteiger charge is 2.19. The number of rotatable bonds is 7. The molecule has 272 valence electrons. The Balaban J connectivity index is 1.02. The Labute approximate surface area is 338 Å². The SMILES string of the molecule is c1ccc(-c2ccccc2-n2c3ccccc3c3ccccc32)c(-c2ccc(N(c3ccc(-c4cccc5ccccc45)cc3)c3cccc4ccccc34)cc2)c1. The van der Waals surface area contributed by atoms with Crippen LogP contribution in [0.3, 0.4) is 0 Å². The van der Waals surface area contributed by atoms with Crippen LogP contribution in [0.25, 0.3) is 82.4 Å². The molecule has 0 bridgehead atoms. The van der Waals surface area contributed by atoms with Crippen LogP contribution in [0, 0.1) is 0 Å². The number of hydrogen-bond acceptors (Lipinski definition) is 1. The van der Waals surface area contributed by atoms with Crippen molar-refractivity contribution in [2.75, 3.05) is 4.90 Å². The summed E-state index contributed by atoms with van der Waals surface area (Å²) in [5.41, 5.74) is 14.1. The van der Waals surface area contributed by atoms with Crippen molar-refractivity contribution < 1.29 is 0 Å². The van der Waals surface area contributed by atoms with Gasteiger partial charge in [0.1, 0.15) is 0 Å². The van der Waals surface area contributed by atoms with Gasteiger partial charge in [0.25, 0.3) is 0 Å². The minimum atomic E-state index is 1.10. The quantitative estimate of drug-likeness (QED) is 0.158. The summed E-state index contributed by atoms with van der Waals surface area (Å²) in [7, 11) is 0. The molecule has 0 saturated carbocycles. The van der Waals surface area contributed by atoms with Crippen molar-refractivity contribution in [1.29, 1.82) is 0 Å². The smallest absolute Gasteiger partial charge is 0.0541 e. The summed E-state index contributed by atoms with van der Waals surface area (Å²) < 4.78 is 2.42. The predicted octanol–water partition coefficient (Wildman–Crippen LogP) is 15.6. The van der Waals surface area contributed by atoms with Gasteiger partial charge in [0.2, 0.25) is 0 Å². The number of aromatic nitrogens is 1. The molecule has 0 spiro atoms. The lowest BCUT2D eigenvalue weighted by molar-refractivity contribution is 1.18. The van der Waals surface area contributed by atoms with Crippen molar-refractivity contribution in [1.82, 2.24) is 4.57 Å². The maximum atomic E-state index is 2.42. The molecule has 58 heavy (non-hydrogen) atoms. The van der Waals surface area contributed by atoms with Crippen molar-refractivity contribution in [3.8, 4) is 39.1 Å². The highest BCUT2D eigenvalue weighted by Crippen LogP contribution is 2.43. The molecular weight excluding hydrogens is 701 g/mol. The molecule has 0 N–H and O–H groups in total. The number of anilines is 3. The molecule has 2 heteroatoms. The van der Waals surface area contributed by atoms with Crippen molar-refractivity contribution in [3.63, 3.8) is 0 Å². The van der Waals surface area contributed by atoms with Gasteiger partial charge < -0.3 is 9.47 Å². The van der Waals surface area contributed by atoms with Gasteiger partial charge in [0.15, 0.2) is 0 Å². The first-order valence-electron chi connectivity index (χ1n) is 19.9. The third kappa shape index (κ3) is 5.66. The van der Waals surface area contributed by atoms with Crippen LogP contribution >= 0.6 is 0 Å². The van der Waals surface area contributed by atoms with Crippen molar-refractivity contribution in [3.05, 3.63) is 231 Å². The fourth-order valence-electron chi connectivity index (χ4n) is 8.94. The summed E-state index contributed by atoms with van der Waals surface area (Å²) in [6.45, 7) is 0. The molecule has 0 saturated heterocycles. The van der Waals surface area contributed by atoms with Crippen LogP contribution in [0.2, 0.25) is 0 Å². The normalized spacial score (nSPS) is 11.4. The summed E-state index contributed by atoms with van der Waals surface area (Å²) in [5.74, 6) is 0. The minimum absolute atomic E-state index is 1.10. The first kappa shape index (κ1) is 33.6. The summed E-state index contributed by atoms with van der Waals surface area (Å²) in [5, 5.41) is 7.45. The molecule has 1 aromatic heterocycles. The second-order valence-corrected chi connectivity index (χ2v) is 14.9. The Kier molecular flexibility index (Phi) is 8.19. The van der Waals surface area contributed by atoms with Crippen molar-refractivity contribution in [2.24, 2.45) is 0 Å². The van der Waals surface area contributed by atoms with Crippen molar-refractivity contribution in [2.45, 2.75) is 0 Å². The number of fused-ring (bicyclic) bond motifs is 5. The largest absolute Gasteiger partial charge is 0.310 e. The zero-order valence-electron chi connectivity index (χ0n) is 31.8. The van der Waals surface area contributed by atoms with E-state index in [1.165, 1.54) is 76.7 Å². The van der Waals surface area contributed by atoms with Gasteiger partial charge in [-0.15, -0.1) is 0 Å². The highest BCUT2D eigenvalue weighted by atomic mass is 15.1. The van der Waals surface area contributed by atoms with Gasteiger partial charge in [0, 0.05) is 33.1 Å². The molecule has 11 aromatic rings. The average molecular weight is 739 g/mol. The first-order valence-corrected chi connectivity index (χ1v) is 19.9. The maximum Gasteiger partial charge on any atom is 0.0541 e. The lowest BCUT2D eigenvalue weighted by Gasteiger charge is -2.27. The third-order valence-electron chi connectivity index (χ3n) is 11.6. The molecule has 2 nitrogen and oxygen atoms in total. The van der Waals surface area contributed by atoms with E-state index in [0.717, 1.165) is 22.7 Å². The van der Waals surface area contributed by atoms with Gasteiger partial charge in [-0.05, 0) is 92.5 Å². The van der Waals surface area contributed by atoms with Gasteiger partial charge in [-0.3, -0.25) is 0 Å². The topological polar surface area (TPSA) is 8.17 Å². The van der Waals surface area contributed by atoms with Gasteiger partial charge in [-0.2, -0.15) is 0 Å². The lowest BCUT2D eigenvalue weighted by atomic mass is 9.93. The Bertz CT molecular complexity index is 3220. The Hall–Kier alpha value is -7.68. The van der Waals surface area contributed by atoms with E-state index in [1.807, 2.05) is 0 Å². The van der Waals surface area contributed by atoms with E-state index in [4.69, 9.17) is 0 Å². The van der Waals surface area contributed by atoms with E-state index in [2.05, 4.69) is 240 Å². The molecule has 0 unspecified atom stereocenters. The fourth-order valence-corrected chi connectivity index (χ4v) is 8.94. The monoisotopic (exact) mass is 738 g/mol. The Morgan fingerprint density at radius 3 is 1.36 bits per heavy atom. The van der Waals surface area contributed by atoms with E-state index in [1.54, 1.807) is 0 Å². The Morgan fingerprint density at radius 1 is 0.276 bits per heavy atom. The number of hydrogen-bond donors (Lipinski definition) is 0. The summed E-state index contributed by atoms with van der Waals surface area (Å²) >= 11 is 0. The van der Waals surface area contributed by atoms with Crippen LogP contribution in [0.4, 0.5) is 17.1 Å². The fraction of sp³-hybridized carbons (Fsp3) is 0. The molecular formula is C56H38N2. The summed E-state index contributed by atoms with van der Waals surface area (Å²) in [4.78, 5) is 2.39. The lowest BCUT2D eigenvalue weighted by Crippen LogP contribution is -2.10. The van der Waals surface area contributed by atoms with E-state index in [0.29, 0.717) is 0 Å². The zero-order valence-corrected chi connectivity index (χ0v) is 31.8. The maximum absolute atomic E-state index is 2.42. The molecule has 10 aromatic carbocycles. The second-order valence-electron chi connectivity index (χ2n) is 14.9. The zero-order chi connectivity index (χ0) is 38.4. The third-order valence-corrected chi connectivity index (χ3v) is 11.6. The van der Waals surface area contributed by atoms with Crippen LogP contribution in [0.15, 0.2) is 231 Å². The molecule has 11 rings (SSSR count). The van der Waals surface area contributed by atoms with Gasteiger partial charge in [-0.25, -0.2) is 0 Å². The minimum Gasteiger partial charge on any atom is -0.310 e. The van der Waals surface area contributed by atoms with Crippen LogP contribution in [0.5, 0.6) is 0 Å². The van der Waals surface area contributed by atoms with Crippen molar-refractivity contribution >= 4 is 60.4 Å². The number of nitrogens with zero attached hydrogens (tertiary/aromatic N) is 2. The molecule has 0 amide bonds. The molecule has 0 radical (unpaired) electrons. The number of para-hydroxylation sites is 3. The standard InChI is InChI=1S/C56H38N2/c1-3-19-45-39(15-1)17-13-26-46(45)41-31-35-43(36-32-41)57(53-30-14-18-40-16-2-4-21-48(40)53)44-37-33-42(34-38-44)47-20-5-6-22-49(47)50-23-7-10-27-54(50)58-55-28-11-8-24-51(55)52-25-9-12-29-56(52)58/h1-38H. The number of benzene rings is 10. The molecule has 0 aliphatic heterocycles. The molecule has 0 atom stereocenters. The van der Waals surface area contributed by atoms with Gasteiger partial charge in [0.05, 0.1) is 22.4 Å². The van der Waals surface area contributed by atoms with Crippen LogP contribution in [-0.4, -0.2) is 4.57 Å². The predicted molar refractivity (Wildman–Crippen MR) is 247 cm³/mol. The van der Waals surface area contributed by atoms with E-state index in [9.17, 15) is 0 Å². The molecule has 0 fully saturated rings. The van der Waals surface area contributed by atoms with Gasteiger partial charge in [-0.1, -0.05) is 182 Å². The molecule has 0 aliphatic rings. The molecule has 1 heterocycles. The van der Waals surface area contributed by atoms with Gasteiger partial charge >= 0.3 is 0 Å². The Morgan fingerprint density at radius 2 is 0.707 bits per heavy atom. The van der Waals surface area contributed by atoms with E-state index < -0.39 is 0 Å². The van der Waals surface area contributed by atoms with Crippen LogP contribution in [-0.2, 0) is 0 Å². The molecule has 0 aliphatic carbocycles. The first-order chi connectivity index (χ1) is 28.8. The van der Waals surface area contributed by atoms with E-state index >= 15 is 0 Å². The highest BCUT2D eigenvalue weighted by molar-refractivity contribution is 6.10. The van der Waals surface area contributed by atoms with E-state index in [-0.39, 0.29) is 0 Å². The van der Waals surface area contributed by atoms with Crippen LogP contribution in [0.1, 0.15) is 0 Å². The van der Waals surface area contributed by atoms with Crippen LogP contribution < -0.4 is 4.90 Å².